The molecule has 1 heterocycles. The number of hydrogen-bond donors (Lipinski definition) is 0. The van der Waals surface area contributed by atoms with E-state index < -0.39 is 0 Å². The fourth-order valence-corrected chi connectivity index (χ4v) is 3.62. The lowest BCUT2D eigenvalue weighted by Gasteiger charge is -2.27. The highest BCUT2D eigenvalue weighted by molar-refractivity contribution is 5.84. The van der Waals surface area contributed by atoms with E-state index in [2.05, 4.69) is 31.2 Å². The van der Waals surface area contributed by atoms with E-state index in [1.165, 1.54) is 11.1 Å². The first kappa shape index (κ1) is 12.9. The zero-order chi connectivity index (χ0) is 13.2. The molecule has 3 unspecified atom stereocenters. The molecule has 0 aromatic heterocycles. The molecule has 102 valence electrons. The van der Waals surface area contributed by atoms with Crippen molar-refractivity contribution in [1.82, 2.24) is 0 Å². The van der Waals surface area contributed by atoms with Gasteiger partial charge in [-0.3, -0.25) is 4.79 Å². The molecule has 19 heavy (non-hydrogen) atoms. The van der Waals surface area contributed by atoms with Crippen LogP contribution in [-0.4, -0.2) is 18.5 Å². The first-order chi connectivity index (χ1) is 9.29. The summed E-state index contributed by atoms with van der Waals surface area (Å²) in [5, 5.41) is 0. The van der Waals surface area contributed by atoms with Gasteiger partial charge in [0.05, 0.1) is 6.10 Å². The molecule has 1 aliphatic carbocycles. The summed E-state index contributed by atoms with van der Waals surface area (Å²) in [6.07, 6.45) is 5.06. The van der Waals surface area contributed by atoms with Crippen molar-refractivity contribution in [1.29, 1.82) is 0 Å². The van der Waals surface area contributed by atoms with Crippen LogP contribution in [0.1, 0.15) is 37.3 Å². The normalized spacial score (nSPS) is 30.1. The molecule has 1 aromatic rings. The number of carbonyl (C=O) groups excluding carboxylic acids is 1. The summed E-state index contributed by atoms with van der Waals surface area (Å²) in [6.45, 7) is 2.88. The van der Waals surface area contributed by atoms with Crippen molar-refractivity contribution >= 4 is 5.78 Å². The first-order valence-corrected chi connectivity index (χ1v) is 7.51. The Morgan fingerprint density at radius 2 is 2.05 bits per heavy atom. The molecule has 0 spiro atoms. The van der Waals surface area contributed by atoms with Gasteiger partial charge in [0.2, 0.25) is 0 Å². The van der Waals surface area contributed by atoms with Gasteiger partial charge in [-0.05, 0) is 43.2 Å². The number of aryl methyl sites for hydroxylation is 1. The van der Waals surface area contributed by atoms with Gasteiger partial charge in [-0.2, -0.15) is 0 Å². The fraction of sp³-hybridized carbons (Fsp3) is 0.588. The second-order valence-electron chi connectivity index (χ2n) is 5.82. The summed E-state index contributed by atoms with van der Waals surface area (Å²) in [7, 11) is 0. The Kier molecular flexibility index (Phi) is 3.69. The summed E-state index contributed by atoms with van der Waals surface area (Å²) in [4.78, 5) is 12.7. The topological polar surface area (TPSA) is 26.3 Å². The molecule has 1 aromatic carbocycles. The zero-order valence-corrected chi connectivity index (χ0v) is 11.6. The summed E-state index contributed by atoms with van der Waals surface area (Å²) in [5.41, 5.74) is 2.81. The van der Waals surface area contributed by atoms with Crippen LogP contribution in [0.2, 0.25) is 0 Å². The van der Waals surface area contributed by atoms with Gasteiger partial charge in [-0.1, -0.05) is 31.2 Å². The quantitative estimate of drug-likeness (QED) is 0.832. The van der Waals surface area contributed by atoms with Crippen molar-refractivity contribution in [3.63, 3.8) is 0 Å². The van der Waals surface area contributed by atoms with Crippen molar-refractivity contribution in [2.45, 2.75) is 45.1 Å². The van der Waals surface area contributed by atoms with Gasteiger partial charge in [0.25, 0.3) is 0 Å². The van der Waals surface area contributed by atoms with E-state index in [-0.39, 0.29) is 17.9 Å². The summed E-state index contributed by atoms with van der Waals surface area (Å²) >= 11 is 0. The predicted molar refractivity (Wildman–Crippen MR) is 75.1 cm³/mol. The Bertz CT molecular complexity index is 466. The van der Waals surface area contributed by atoms with Gasteiger partial charge in [0.15, 0.2) is 0 Å². The van der Waals surface area contributed by atoms with Crippen molar-refractivity contribution in [2.24, 2.45) is 11.8 Å². The molecule has 0 bridgehead atoms. The standard InChI is InChI=1S/C17H22O2/c1-2-16-15(9-10-19-16)17(18)14-8-7-12-5-3-4-6-13(12)11-14/h3-6,14-16H,2,7-11H2,1H3. The number of ketones is 1. The van der Waals surface area contributed by atoms with Gasteiger partial charge in [0, 0.05) is 18.4 Å². The molecule has 1 fully saturated rings. The lowest BCUT2D eigenvalue weighted by atomic mass is 9.77. The summed E-state index contributed by atoms with van der Waals surface area (Å²) in [5.74, 6) is 0.828. The molecule has 0 saturated carbocycles. The molecule has 0 N–H and O–H groups in total. The van der Waals surface area contributed by atoms with Crippen LogP contribution in [0.15, 0.2) is 24.3 Å². The van der Waals surface area contributed by atoms with Crippen LogP contribution >= 0.6 is 0 Å². The van der Waals surface area contributed by atoms with Crippen molar-refractivity contribution in [3.8, 4) is 0 Å². The lowest BCUT2D eigenvalue weighted by Crippen LogP contribution is -2.32. The van der Waals surface area contributed by atoms with Crippen molar-refractivity contribution < 1.29 is 9.53 Å². The van der Waals surface area contributed by atoms with E-state index in [0.29, 0.717) is 5.78 Å². The van der Waals surface area contributed by atoms with Crippen LogP contribution in [0, 0.1) is 11.8 Å². The van der Waals surface area contributed by atoms with Crippen molar-refractivity contribution in [2.75, 3.05) is 6.61 Å². The largest absolute Gasteiger partial charge is 0.377 e. The smallest absolute Gasteiger partial charge is 0.142 e. The van der Waals surface area contributed by atoms with Gasteiger partial charge in [-0.25, -0.2) is 0 Å². The zero-order valence-electron chi connectivity index (χ0n) is 11.6. The molecule has 3 rings (SSSR count). The van der Waals surface area contributed by atoms with E-state index in [1.54, 1.807) is 0 Å². The Morgan fingerprint density at radius 1 is 1.26 bits per heavy atom. The average Bonchev–Trinajstić information content (AvgIpc) is 2.94. The van der Waals surface area contributed by atoms with Crippen LogP contribution in [-0.2, 0) is 22.4 Å². The van der Waals surface area contributed by atoms with Gasteiger partial charge in [0.1, 0.15) is 5.78 Å². The van der Waals surface area contributed by atoms with Gasteiger partial charge in [-0.15, -0.1) is 0 Å². The molecule has 1 aliphatic heterocycles. The summed E-state index contributed by atoms with van der Waals surface area (Å²) < 4.78 is 5.68. The number of hydrogen-bond acceptors (Lipinski definition) is 2. The van der Waals surface area contributed by atoms with Gasteiger partial charge < -0.3 is 4.74 Å². The van der Waals surface area contributed by atoms with Crippen LogP contribution < -0.4 is 0 Å². The summed E-state index contributed by atoms with van der Waals surface area (Å²) in [6, 6.07) is 8.55. The number of benzene rings is 1. The molecule has 2 aliphatic rings. The highest BCUT2D eigenvalue weighted by Gasteiger charge is 2.37. The van der Waals surface area contributed by atoms with E-state index in [0.717, 1.165) is 38.7 Å². The van der Waals surface area contributed by atoms with E-state index in [1.807, 2.05) is 0 Å². The minimum absolute atomic E-state index is 0.153. The molecular formula is C17H22O2. The van der Waals surface area contributed by atoms with E-state index >= 15 is 0 Å². The second-order valence-corrected chi connectivity index (χ2v) is 5.82. The third-order valence-corrected chi connectivity index (χ3v) is 4.73. The Hall–Kier alpha value is -1.15. The lowest BCUT2D eigenvalue weighted by molar-refractivity contribution is -0.128. The molecule has 0 radical (unpaired) electrons. The van der Waals surface area contributed by atoms with Crippen LogP contribution in [0.25, 0.3) is 0 Å². The predicted octanol–water partition coefficient (Wildman–Crippen LogP) is 3.18. The Morgan fingerprint density at radius 3 is 2.84 bits per heavy atom. The highest BCUT2D eigenvalue weighted by Crippen LogP contribution is 2.32. The maximum absolute atomic E-state index is 12.7. The highest BCUT2D eigenvalue weighted by atomic mass is 16.5. The number of ether oxygens (including phenoxy) is 1. The van der Waals surface area contributed by atoms with Gasteiger partial charge >= 0.3 is 0 Å². The fourth-order valence-electron chi connectivity index (χ4n) is 3.62. The molecular weight excluding hydrogens is 236 g/mol. The minimum Gasteiger partial charge on any atom is -0.377 e. The number of carbonyl (C=O) groups is 1. The molecule has 0 amide bonds. The maximum Gasteiger partial charge on any atom is 0.142 e. The third-order valence-electron chi connectivity index (χ3n) is 4.73. The minimum atomic E-state index is 0.153. The number of rotatable bonds is 3. The van der Waals surface area contributed by atoms with Crippen LogP contribution in [0.5, 0.6) is 0 Å². The monoisotopic (exact) mass is 258 g/mol. The third kappa shape index (κ3) is 2.46. The maximum atomic E-state index is 12.7. The second kappa shape index (κ2) is 5.46. The SMILES string of the molecule is CCC1OCCC1C(=O)C1CCc2ccccc2C1. The number of fused-ring (bicyclic) bond motifs is 1. The Labute approximate surface area is 115 Å². The Balaban J connectivity index is 1.72. The molecule has 1 saturated heterocycles. The average molecular weight is 258 g/mol. The molecule has 2 heteroatoms. The van der Waals surface area contributed by atoms with E-state index in [9.17, 15) is 4.79 Å². The van der Waals surface area contributed by atoms with Crippen LogP contribution in [0.4, 0.5) is 0 Å². The van der Waals surface area contributed by atoms with Crippen molar-refractivity contribution in [3.05, 3.63) is 35.4 Å². The molecule has 2 nitrogen and oxygen atoms in total. The first-order valence-electron chi connectivity index (χ1n) is 7.51. The van der Waals surface area contributed by atoms with E-state index in [4.69, 9.17) is 4.74 Å². The molecule has 3 atom stereocenters. The van der Waals surface area contributed by atoms with Crippen LogP contribution in [0.3, 0.4) is 0 Å². The number of Topliss-reactive ketones (excluding diaryl/α,β-unsaturated/α-hetero) is 1.